The van der Waals surface area contributed by atoms with Crippen LogP contribution >= 0.6 is 0 Å². The number of carboxylic acids is 1. The molecule has 1 aliphatic carbocycles. The van der Waals surface area contributed by atoms with Gasteiger partial charge in [0.05, 0.1) is 32.0 Å². The van der Waals surface area contributed by atoms with Crippen molar-refractivity contribution < 1.29 is 14.6 Å². The van der Waals surface area contributed by atoms with E-state index in [-0.39, 0.29) is 0 Å². The largest absolute Gasteiger partial charge is 0.480 e. The number of hydrazone groups is 1. The molecule has 0 bridgehead atoms. The van der Waals surface area contributed by atoms with Gasteiger partial charge in [-0.15, -0.1) is 0 Å². The smallest absolute Gasteiger partial charge is 0.317 e. The summed E-state index contributed by atoms with van der Waals surface area (Å²) in [6, 6.07) is 11.8. The molecule has 112 valence electrons. The van der Waals surface area contributed by atoms with Crippen molar-refractivity contribution in [2.45, 2.75) is 5.92 Å². The Kier molecular flexibility index (Phi) is 3.08. The lowest BCUT2D eigenvalue weighted by atomic mass is 9.99. The lowest BCUT2D eigenvalue weighted by molar-refractivity contribution is -0.137. The third-order valence-corrected chi connectivity index (χ3v) is 4.28. The predicted octanol–water partition coefficient (Wildman–Crippen LogP) is 2.06. The van der Waals surface area contributed by atoms with Crippen molar-refractivity contribution in [3.05, 3.63) is 47.5 Å². The number of ether oxygens (including phenoxy) is 1. The third kappa shape index (κ3) is 1.97. The van der Waals surface area contributed by atoms with E-state index in [0.29, 0.717) is 32.0 Å². The van der Waals surface area contributed by atoms with Crippen molar-refractivity contribution in [2.24, 2.45) is 5.10 Å². The molecule has 2 aromatic carbocycles. The zero-order valence-corrected chi connectivity index (χ0v) is 12.0. The molecule has 0 saturated carbocycles. The normalized spacial score (nSPS) is 22.5. The molecule has 1 atom stereocenters. The Morgan fingerprint density at radius 1 is 1.18 bits per heavy atom. The van der Waals surface area contributed by atoms with E-state index < -0.39 is 11.9 Å². The van der Waals surface area contributed by atoms with Crippen molar-refractivity contribution in [1.29, 1.82) is 0 Å². The van der Waals surface area contributed by atoms with Crippen LogP contribution in [0.25, 0.3) is 10.8 Å². The van der Waals surface area contributed by atoms with Gasteiger partial charge >= 0.3 is 5.97 Å². The van der Waals surface area contributed by atoms with Crippen LogP contribution in [0.5, 0.6) is 0 Å². The van der Waals surface area contributed by atoms with Gasteiger partial charge < -0.3 is 9.84 Å². The molecule has 2 aromatic rings. The summed E-state index contributed by atoms with van der Waals surface area (Å²) in [6.45, 7) is 2.65. The van der Waals surface area contributed by atoms with Gasteiger partial charge in [0.15, 0.2) is 0 Å². The fraction of sp³-hybridized carbons (Fsp3) is 0.294. The number of aliphatic carboxylic acids is 1. The van der Waals surface area contributed by atoms with Gasteiger partial charge in [0.2, 0.25) is 0 Å². The van der Waals surface area contributed by atoms with Crippen molar-refractivity contribution in [1.82, 2.24) is 5.01 Å². The predicted molar refractivity (Wildman–Crippen MR) is 83.3 cm³/mol. The maximum atomic E-state index is 11.8. The Morgan fingerprint density at radius 2 is 1.91 bits per heavy atom. The molecule has 1 unspecified atom stereocenters. The highest BCUT2D eigenvalue weighted by Gasteiger charge is 2.36. The highest BCUT2D eigenvalue weighted by atomic mass is 16.5. The fourth-order valence-electron chi connectivity index (χ4n) is 3.29. The zero-order valence-electron chi connectivity index (χ0n) is 12.0. The third-order valence-electron chi connectivity index (χ3n) is 4.28. The minimum atomic E-state index is -0.851. The van der Waals surface area contributed by atoms with Crippen molar-refractivity contribution >= 4 is 22.5 Å². The minimum absolute atomic E-state index is 0.631. The van der Waals surface area contributed by atoms with Crippen LogP contribution in [0, 0.1) is 0 Å². The second-order valence-electron chi connectivity index (χ2n) is 5.57. The number of carboxylic acid groups (broad SMARTS) is 1. The average Bonchev–Trinajstić information content (AvgIpc) is 2.85. The van der Waals surface area contributed by atoms with Crippen LogP contribution in [-0.4, -0.2) is 48.1 Å². The molecular weight excluding hydrogens is 280 g/mol. The molecule has 1 fully saturated rings. The topological polar surface area (TPSA) is 62.1 Å². The van der Waals surface area contributed by atoms with Gasteiger partial charge in [0.25, 0.3) is 0 Å². The second-order valence-corrected chi connectivity index (χ2v) is 5.57. The van der Waals surface area contributed by atoms with E-state index in [2.05, 4.69) is 5.10 Å². The number of rotatable bonds is 2. The summed E-state index contributed by atoms with van der Waals surface area (Å²) in [6.07, 6.45) is 0. The maximum absolute atomic E-state index is 11.8. The Bertz CT molecular complexity index is 773. The van der Waals surface area contributed by atoms with Gasteiger partial charge in [-0.1, -0.05) is 36.4 Å². The summed E-state index contributed by atoms with van der Waals surface area (Å²) in [5.74, 6) is -1.54. The number of hydrogen-bond acceptors (Lipinski definition) is 4. The molecule has 5 heteroatoms. The molecule has 0 spiro atoms. The molecule has 0 radical (unpaired) electrons. The highest BCUT2D eigenvalue weighted by molar-refractivity contribution is 6.27. The SMILES string of the molecule is O=C(O)C1C(=NN2CCOCC2)c2cccc3cccc1c23. The molecule has 1 heterocycles. The van der Waals surface area contributed by atoms with E-state index in [4.69, 9.17) is 4.74 Å². The van der Waals surface area contributed by atoms with Gasteiger partial charge in [-0.3, -0.25) is 9.80 Å². The number of nitrogens with zero attached hydrogens (tertiary/aromatic N) is 2. The van der Waals surface area contributed by atoms with E-state index >= 15 is 0 Å². The Balaban J connectivity index is 1.89. The van der Waals surface area contributed by atoms with Gasteiger partial charge in [-0.05, 0) is 16.3 Å². The van der Waals surface area contributed by atoms with Gasteiger partial charge in [-0.2, -0.15) is 5.10 Å². The summed E-state index contributed by atoms with van der Waals surface area (Å²) in [5.41, 5.74) is 2.42. The van der Waals surface area contributed by atoms with Crippen LogP contribution in [0.3, 0.4) is 0 Å². The van der Waals surface area contributed by atoms with Crippen molar-refractivity contribution in [2.75, 3.05) is 26.3 Å². The monoisotopic (exact) mass is 296 g/mol. The van der Waals surface area contributed by atoms with E-state index in [1.54, 1.807) is 0 Å². The highest BCUT2D eigenvalue weighted by Crippen LogP contribution is 2.39. The molecule has 1 N–H and O–H groups in total. The minimum Gasteiger partial charge on any atom is -0.480 e. The molecule has 5 nitrogen and oxygen atoms in total. The standard InChI is InChI=1S/C17H16N2O3/c20-17(21)15-12-5-1-3-11-4-2-6-13(14(11)12)16(15)18-19-7-9-22-10-8-19/h1-6,15H,7-10H2,(H,20,21). The number of carbonyl (C=O) groups is 1. The summed E-state index contributed by atoms with van der Waals surface area (Å²) >= 11 is 0. The van der Waals surface area contributed by atoms with Crippen LogP contribution in [0.4, 0.5) is 0 Å². The molecule has 0 aromatic heterocycles. The quantitative estimate of drug-likeness (QED) is 0.921. The van der Waals surface area contributed by atoms with E-state index in [9.17, 15) is 9.90 Å². The van der Waals surface area contributed by atoms with Crippen LogP contribution in [-0.2, 0) is 9.53 Å². The first-order chi connectivity index (χ1) is 10.8. The van der Waals surface area contributed by atoms with Crippen LogP contribution in [0.15, 0.2) is 41.5 Å². The molecule has 1 aliphatic heterocycles. The molecule has 1 saturated heterocycles. The second kappa shape index (κ2) is 5.10. The first kappa shape index (κ1) is 13.3. The van der Waals surface area contributed by atoms with Crippen molar-refractivity contribution in [3.8, 4) is 0 Å². The number of morpholine rings is 1. The Morgan fingerprint density at radius 3 is 2.64 bits per heavy atom. The van der Waals surface area contributed by atoms with Gasteiger partial charge in [0, 0.05) is 5.56 Å². The summed E-state index contributed by atoms with van der Waals surface area (Å²) in [7, 11) is 0. The molecular formula is C17H16N2O3. The van der Waals surface area contributed by atoms with Crippen LogP contribution in [0.2, 0.25) is 0 Å². The van der Waals surface area contributed by atoms with E-state index in [1.807, 2.05) is 41.4 Å². The zero-order chi connectivity index (χ0) is 15.1. The van der Waals surface area contributed by atoms with Crippen LogP contribution < -0.4 is 0 Å². The first-order valence-corrected chi connectivity index (χ1v) is 7.42. The fourth-order valence-corrected chi connectivity index (χ4v) is 3.29. The van der Waals surface area contributed by atoms with Gasteiger partial charge in [0.1, 0.15) is 5.92 Å². The first-order valence-electron chi connectivity index (χ1n) is 7.42. The number of benzene rings is 2. The number of hydrogen-bond donors (Lipinski definition) is 1. The molecule has 0 amide bonds. The molecule has 4 rings (SSSR count). The van der Waals surface area contributed by atoms with E-state index in [0.717, 1.165) is 21.9 Å². The average molecular weight is 296 g/mol. The maximum Gasteiger partial charge on any atom is 0.317 e. The van der Waals surface area contributed by atoms with Crippen LogP contribution in [0.1, 0.15) is 17.0 Å². The van der Waals surface area contributed by atoms with E-state index in [1.165, 1.54) is 0 Å². The van der Waals surface area contributed by atoms with Gasteiger partial charge in [-0.25, -0.2) is 0 Å². The lowest BCUT2D eigenvalue weighted by Gasteiger charge is -2.25. The molecule has 22 heavy (non-hydrogen) atoms. The summed E-state index contributed by atoms with van der Waals surface area (Å²) in [4.78, 5) is 11.8. The molecule has 2 aliphatic rings. The summed E-state index contributed by atoms with van der Waals surface area (Å²) in [5, 5.41) is 18.4. The summed E-state index contributed by atoms with van der Waals surface area (Å²) < 4.78 is 5.33. The Labute approximate surface area is 127 Å². The Hall–Kier alpha value is -2.40. The lowest BCUT2D eigenvalue weighted by Crippen LogP contribution is -2.34. The van der Waals surface area contributed by atoms with Crippen molar-refractivity contribution in [3.63, 3.8) is 0 Å².